The first kappa shape index (κ1) is 14.1. The number of fused-ring (bicyclic) bond motifs is 1. The van der Waals surface area contributed by atoms with Crippen molar-refractivity contribution < 1.29 is 9.21 Å². The van der Waals surface area contributed by atoms with E-state index in [4.69, 9.17) is 4.42 Å². The first-order chi connectivity index (χ1) is 10.5. The van der Waals surface area contributed by atoms with E-state index in [-0.39, 0.29) is 5.91 Å². The van der Waals surface area contributed by atoms with E-state index in [1.165, 1.54) is 4.57 Å². The zero-order valence-corrected chi connectivity index (χ0v) is 12.6. The molecule has 5 nitrogen and oxygen atoms in total. The fourth-order valence-electron chi connectivity index (χ4n) is 2.33. The summed E-state index contributed by atoms with van der Waals surface area (Å²) in [5.41, 5.74) is 4.40. The van der Waals surface area contributed by atoms with E-state index in [0.717, 1.165) is 16.8 Å². The molecule has 3 aromatic rings. The number of amides is 1. The summed E-state index contributed by atoms with van der Waals surface area (Å²) in [7, 11) is 1.61. The number of nitrogens with zero attached hydrogens (tertiary/aromatic N) is 1. The molecular weight excluding hydrogens is 280 g/mol. The van der Waals surface area contributed by atoms with E-state index >= 15 is 0 Å². The molecule has 0 spiro atoms. The minimum atomic E-state index is -0.443. The Bertz CT molecular complexity index is 935. The Hall–Kier alpha value is -2.82. The normalized spacial score (nSPS) is 10.9. The molecule has 0 saturated heterocycles. The summed E-state index contributed by atoms with van der Waals surface area (Å²) >= 11 is 0. The average Bonchev–Trinajstić information content (AvgIpc) is 2.77. The molecule has 3 rings (SSSR count). The van der Waals surface area contributed by atoms with E-state index in [9.17, 15) is 9.59 Å². The second-order valence-corrected chi connectivity index (χ2v) is 5.38. The molecule has 0 aliphatic heterocycles. The van der Waals surface area contributed by atoms with Gasteiger partial charge in [-0.3, -0.25) is 9.36 Å². The third kappa shape index (κ3) is 2.41. The number of aryl methyl sites for hydroxylation is 3. The number of hydrogen-bond acceptors (Lipinski definition) is 3. The number of anilines is 1. The van der Waals surface area contributed by atoms with Gasteiger partial charge in [-0.1, -0.05) is 12.1 Å². The molecule has 0 aliphatic carbocycles. The van der Waals surface area contributed by atoms with E-state index in [1.807, 2.05) is 32.0 Å². The fraction of sp³-hybridized carbons (Fsp3) is 0.176. The largest absolute Gasteiger partial charge is 0.419 e. The van der Waals surface area contributed by atoms with Gasteiger partial charge in [-0.15, -0.1) is 0 Å². The topological polar surface area (TPSA) is 64.2 Å². The SMILES string of the molecule is Cc1ccc(C)c(NC(=O)c2ccc3oc(=O)n(C)c3c2)c1. The standard InChI is InChI=1S/C17H16N2O3/c1-10-4-5-11(2)13(8-10)18-16(20)12-6-7-15-14(9-12)19(3)17(21)22-15/h4-9H,1-3H3,(H,18,20). The van der Waals surface area contributed by atoms with Crippen LogP contribution in [0.2, 0.25) is 0 Å². The van der Waals surface area contributed by atoms with Gasteiger partial charge in [-0.25, -0.2) is 4.79 Å². The molecule has 1 N–H and O–H groups in total. The lowest BCUT2D eigenvalue weighted by Gasteiger charge is -2.09. The van der Waals surface area contributed by atoms with Crippen molar-refractivity contribution in [2.45, 2.75) is 13.8 Å². The zero-order valence-electron chi connectivity index (χ0n) is 12.6. The van der Waals surface area contributed by atoms with Gasteiger partial charge in [0, 0.05) is 18.3 Å². The number of oxazole rings is 1. The van der Waals surface area contributed by atoms with E-state index < -0.39 is 5.76 Å². The molecule has 22 heavy (non-hydrogen) atoms. The second-order valence-electron chi connectivity index (χ2n) is 5.38. The predicted molar refractivity (Wildman–Crippen MR) is 85.3 cm³/mol. The van der Waals surface area contributed by atoms with Crippen molar-refractivity contribution in [1.82, 2.24) is 4.57 Å². The highest BCUT2D eigenvalue weighted by molar-refractivity contribution is 6.06. The summed E-state index contributed by atoms with van der Waals surface area (Å²) in [6.45, 7) is 3.92. The van der Waals surface area contributed by atoms with Crippen LogP contribution in [0.4, 0.5) is 5.69 Å². The van der Waals surface area contributed by atoms with E-state index in [0.29, 0.717) is 16.7 Å². The number of hydrogen-bond donors (Lipinski definition) is 1. The summed E-state index contributed by atoms with van der Waals surface area (Å²) in [5.74, 6) is -0.661. The van der Waals surface area contributed by atoms with Crippen molar-refractivity contribution in [2.75, 3.05) is 5.32 Å². The summed E-state index contributed by atoms with van der Waals surface area (Å²) in [6, 6.07) is 10.8. The lowest BCUT2D eigenvalue weighted by molar-refractivity contribution is 0.102. The Morgan fingerprint density at radius 3 is 2.68 bits per heavy atom. The Morgan fingerprint density at radius 2 is 1.91 bits per heavy atom. The summed E-state index contributed by atoms with van der Waals surface area (Å²) in [4.78, 5) is 23.9. The minimum Gasteiger partial charge on any atom is -0.408 e. The van der Waals surface area contributed by atoms with Crippen LogP contribution in [0.5, 0.6) is 0 Å². The predicted octanol–water partition coefficient (Wildman–Crippen LogP) is 3.00. The quantitative estimate of drug-likeness (QED) is 0.790. The van der Waals surface area contributed by atoms with Gasteiger partial charge in [-0.05, 0) is 49.2 Å². The van der Waals surface area contributed by atoms with Crippen molar-refractivity contribution in [3.63, 3.8) is 0 Å². The Morgan fingerprint density at radius 1 is 1.14 bits per heavy atom. The van der Waals surface area contributed by atoms with E-state index in [2.05, 4.69) is 5.32 Å². The van der Waals surface area contributed by atoms with Gasteiger partial charge >= 0.3 is 5.76 Å². The number of nitrogens with one attached hydrogen (secondary N) is 1. The Labute approximate surface area is 127 Å². The maximum Gasteiger partial charge on any atom is 0.419 e. The molecule has 0 radical (unpaired) electrons. The molecule has 0 fully saturated rings. The molecule has 0 saturated carbocycles. The van der Waals surface area contributed by atoms with Gasteiger partial charge in [0.05, 0.1) is 5.52 Å². The highest BCUT2D eigenvalue weighted by Crippen LogP contribution is 2.19. The number of rotatable bonds is 2. The van der Waals surface area contributed by atoms with Crippen LogP contribution < -0.4 is 11.1 Å². The molecule has 112 valence electrons. The Kier molecular flexibility index (Phi) is 3.33. The molecule has 1 aromatic heterocycles. The molecule has 2 aromatic carbocycles. The van der Waals surface area contributed by atoms with Crippen LogP contribution in [0, 0.1) is 13.8 Å². The fourth-order valence-corrected chi connectivity index (χ4v) is 2.33. The minimum absolute atomic E-state index is 0.218. The smallest absolute Gasteiger partial charge is 0.408 e. The van der Waals surface area contributed by atoms with Crippen LogP contribution in [0.3, 0.4) is 0 Å². The van der Waals surface area contributed by atoms with Crippen LogP contribution in [0.1, 0.15) is 21.5 Å². The van der Waals surface area contributed by atoms with Gasteiger partial charge in [0.2, 0.25) is 0 Å². The second kappa shape index (κ2) is 5.18. The summed E-state index contributed by atoms with van der Waals surface area (Å²) in [5, 5.41) is 2.90. The first-order valence-electron chi connectivity index (χ1n) is 6.94. The third-order valence-electron chi connectivity index (χ3n) is 3.69. The summed E-state index contributed by atoms with van der Waals surface area (Å²) < 4.78 is 6.44. The van der Waals surface area contributed by atoms with Gasteiger partial charge in [0.15, 0.2) is 5.58 Å². The van der Waals surface area contributed by atoms with Crippen LogP contribution in [0.25, 0.3) is 11.1 Å². The summed E-state index contributed by atoms with van der Waals surface area (Å²) in [6.07, 6.45) is 0. The van der Waals surface area contributed by atoms with Crippen LogP contribution in [-0.2, 0) is 7.05 Å². The number of benzene rings is 2. The maximum absolute atomic E-state index is 12.4. The number of carbonyl (C=O) groups excluding carboxylic acids is 1. The molecule has 5 heteroatoms. The molecule has 0 atom stereocenters. The molecule has 0 aliphatic rings. The monoisotopic (exact) mass is 296 g/mol. The highest BCUT2D eigenvalue weighted by atomic mass is 16.4. The van der Waals surface area contributed by atoms with Crippen molar-refractivity contribution in [3.05, 3.63) is 63.6 Å². The zero-order chi connectivity index (χ0) is 15.9. The van der Waals surface area contributed by atoms with Crippen molar-refractivity contribution >= 4 is 22.7 Å². The highest BCUT2D eigenvalue weighted by Gasteiger charge is 2.12. The van der Waals surface area contributed by atoms with Crippen molar-refractivity contribution in [2.24, 2.45) is 7.05 Å². The lowest BCUT2D eigenvalue weighted by atomic mass is 10.1. The lowest BCUT2D eigenvalue weighted by Crippen LogP contribution is -2.13. The number of carbonyl (C=O) groups is 1. The van der Waals surface area contributed by atoms with Crippen LogP contribution in [0.15, 0.2) is 45.6 Å². The molecule has 0 unspecified atom stereocenters. The average molecular weight is 296 g/mol. The Balaban J connectivity index is 1.96. The maximum atomic E-state index is 12.4. The van der Waals surface area contributed by atoms with Crippen molar-refractivity contribution in [3.8, 4) is 0 Å². The molecule has 1 amide bonds. The molecule has 1 heterocycles. The number of aromatic nitrogens is 1. The van der Waals surface area contributed by atoms with Gasteiger partial charge < -0.3 is 9.73 Å². The van der Waals surface area contributed by atoms with E-state index in [1.54, 1.807) is 25.2 Å². The van der Waals surface area contributed by atoms with Gasteiger partial charge in [0.1, 0.15) is 0 Å². The van der Waals surface area contributed by atoms with Gasteiger partial charge in [-0.2, -0.15) is 0 Å². The first-order valence-corrected chi connectivity index (χ1v) is 6.94. The molecular formula is C17H16N2O3. The van der Waals surface area contributed by atoms with Crippen LogP contribution in [-0.4, -0.2) is 10.5 Å². The van der Waals surface area contributed by atoms with Crippen LogP contribution >= 0.6 is 0 Å². The molecule has 0 bridgehead atoms. The van der Waals surface area contributed by atoms with Gasteiger partial charge in [0.25, 0.3) is 5.91 Å². The third-order valence-corrected chi connectivity index (χ3v) is 3.69. The van der Waals surface area contributed by atoms with Crippen molar-refractivity contribution in [1.29, 1.82) is 0 Å².